The molecule has 1 N–H and O–H groups in total. The molecule has 1 aliphatic rings. The summed E-state index contributed by atoms with van der Waals surface area (Å²) in [5.41, 5.74) is 0.0516. The summed E-state index contributed by atoms with van der Waals surface area (Å²) in [4.78, 5) is 2.61. The fourth-order valence-electron chi connectivity index (χ4n) is 3.12. The van der Waals surface area contributed by atoms with Crippen LogP contribution in [0.2, 0.25) is 0 Å². The molecule has 0 radical (unpaired) electrons. The third-order valence-corrected chi connectivity index (χ3v) is 5.04. The summed E-state index contributed by atoms with van der Waals surface area (Å²) in [5.74, 6) is 1.02. The summed E-state index contributed by atoms with van der Waals surface area (Å²) in [6.07, 6.45) is 6.88. The third kappa shape index (κ3) is 3.46. The van der Waals surface area contributed by atoms with Gasteiger partial charge in [-0.05, 0) is 74.7 Å². The average molecular weight is 343 g/mol. The number of likely N-dealkylation sites (tertiary alicyclic amines) is 1. The Morgan fingerprint density at radius 3 is 2.60 bits per heavy atom. The van der Waals surface area contributed by atoms with Crippen LogP contribution in [0.5, 0.6) is 0 Å². The van der Waals surface area contributed by atoms with Crippen LogP contribution in [-0.2, 0) is 0 Å². The highest BCUT2D eigenvalue weighted by Crippen LogP contribution is 2.36. The van der Waals surface area contributed by atoms with Gasteiger partial charge in [0.1, 0.15) is 5.76 Å². The molecule has 0 amide bonds. The molecule has 4 heteroatoms. The van der Waals surface area contributed by atoms with Crippen LogP contribution in [0, 0.1) is 0 Å². The van der Waals surface area contributed by atoms with Gasteiger partial charge in [-0.3, -0.25) is 4.90 Å². The van der Waals surface area contributed by atoms with Gasteiger partial charge in [0.25, 0.3) is 0 Å². The SMILES string of the molecule is CCCNC(c1occc1Br)C(C)(C)N1CCCCC1. The lowest BCUT2D eigenvalue weighted by Gasteiger charge is -2.45. The first-order chi connectivity index (χ1) is 9.57. The number of furan rings is 1. The van der Waals surface area contributed by atoms with Gasteiger partial charge in [-0.2, -0.15) is 0 Å². The summed E-state index contributed by atoms with van der Waals surface area (Å²) in [5, 5.41) is 3.68. The molecule has 0 saturated carbocycles. The van der Waals surface area contributed by atoms with Crippen LogP contribution in [-0.4, -0.2) is 30.1 Å². The maximum Gasteiger partial charge on any atom is 0.136 e. The Hall–Kier alpha value is -0.320. The van der Waals surface area contributed by atoms with Crippen molar-refractivity contribution in [2.45, 2.75) is 58.0 Å². The van der Waals surface area contributed by atoms with Crippen molar-refractivity contribution in [3.63, 3.8) is 0 Å². The minimum absolute atomic E-state index is 0.0516. The van der Waals surface area contributed by atoms with E-state index in [0.717, 1.165) is 23.2 Å². The Kier molecular flexibility index (Phi) is 5.70. The molecule has 3 nitrogen and oxygen atoms in total. The lowest BCUT2D eigenvalue weighted by atomic mass is 9.88. The van der Waals surface area contributed by atoms with Crippen molar-refractivity contribution in [1.29, 1.82) is 0 Å². The average Bonchev–Trinajstić information content (AvgIpc) is 2.86. The van der Waals surface area contributed by atoms with Crippen LogP contribution in [0.1, 0.15) is 58.3 Å². The van der Waals surface area contributed by atoms with Gasteiger partial charge in [0, 0.05) is 5.54 Å². The van der Waals surface area contributed by atoms with Gasteiger partial charge in [-0.25, -0.2) is 0 Å². The molecule has 0 aliphatic carbocycles. The van der Waals surface area contributed by atoms with Crippen molar-refractivity contribution in [2.24, 2.45) is 0 Å². The molecule has 114 valence electrons. The fraction of sp³-hybridized carbons (Fsp3) is 0.750. The number of hydrogen-bond acceptors (Lipinski definition) is 3. The van der Waals surface area contributed by atoms with E-state index < -0.39 is 0 Å². The molecular formula is C16H27BrN2O. The fourth-order valence-corrected chi connectivity index (χ4v) is 3.55. The van der Waals surface area contributed by atoms with E-state index in [9.17, 15) is 0 Å². The molecule has 1 unspecified atom stereocenters. The zero-order chi connectivity index (χ0) is 14.6. The number of rotatable bonds is 6. The molecule has 2 heterocycles. The van der Waals surface area contributed by atoms with Crippen LogP contribution in [0.3, 0.4) is 0 Å². The van der Waals surface area contributed by atoms with Gasteiger partial charge in [0.2, 0.25) is 0 Å². The summed E-state index contributed by atoms with van der Waals surface area (Å²) in [6, 6.07) is 2.20. The van der Waals surface area contributed by atoms with Crippen molar-refractivity contribution in [3.8, 4) is 0 Å². The predicted octanol–water partition coefficient (Wildman–Crippen LogP) is 4.35. The molecule has 1 aliphatic heterocycles. The zero-order valence-corrected chi connectivity index (χ0v) is 14.5. The van der Waals surface area contributed by atoms with E-state index in [1.165, 1.54) is 32.4 Å². The minimum Gasteiger partial charge on any atom is -0.466 e. The van der Waals surface area contributed by atoms with Gasteiger partial charge in [0.05, 0.1) is 16.8 Å². The first kappa shape index (κ1) is 16.1. The molecule has 1 aromatic heterocycles. The largest absolute Gasteiger partial charge is 0.466 e. The Balaban J connectivity index is 2.22. The van der Waals surface area contributed by atoms with Crippen LogP contribution in [0.4, 0.5) is 0 Å². The first-order valence-electron chi connectivity index (χ1n) is 7.78. The molecular weight excluding hydrogens is 316 g/mol. The molecule has 1 fully saturated rings. The van der Waals surface area contributed by atoms with Gasteiger partial charge in [-0.15, -0.1) is 0 Å². The summed E-state index contributed by atoms with van der Waals surface area (Å²) in [6.45, 7) is 10.3. The Labute approximate surface area is 131 Å². The maximum atomic E-state index is 5.76. The molecule has 0 aromatic carbocycles. The van der Waals surface area contributed by atoms with Crippen LogP contribution in [0.15, 0.2) is 21.2 Å². The first-order valence-corrected chi connectivity index (χ1v) is 8.58. The zero-order valence-electron chi connectivity index (χ0n) is 12.9. The molecule has 0 bridgehead atoms. The lowest BCUT2D eigenvalue weighted by molar-refractivity contribution is 0.0533. The monoisotopic (exact) mass is 342 g/mol. The number of halogens is 1. The minimum atomic E-state index is 0.0516. The van der Waals surface area contributed by atoms with E-state index >= 15 is 0 Å². The molecule has 0 spiro atoms. The van der Waals surface area contributed by atoms with Gasteiger partial charge < -0.3 is 9.73 Å². The van der Waals surface area contributed by atoms with E-state index in [1.807, 2.05) is 6.07 Å². The molecule has 20 heavy (non-hydrogen) atoms. The topological polar surface area (TPSA) is 28.4 Å². The number of hydrogen-bond donors (Lipinski definition) is 1. The van der Waals surface area contributed by atoms with E-state index in [0.29, 0.717) is 0 Å². The van der Waals surface area contributed by atoms with E-state index in [2.05, 4.69) is 46.9 Å². The normalized spacial score (nSPS) is 19.2. The van der Waals surface area contributed by atoms with Crippen molar-refractivity contribution in [1.82, 2.24) is 10.2 Å². The van der Waals surface area contributed by atoms with Crippen molar-refractivity contribution >= 4 is 15.9 Å². The van der Waals surface area contributed by atoms with E-state index in [4.69, 9.17) is 4.42 Å². The molecule has 1 atom stereocenters. The van der Waals surface area contributed by atoms with E-state index in [-0.39, 0.29) is 11.6 Å². The molecule has 1 saturated heterocycles. The quantitative estimate of drug-likeness (QED) is 0.833. The summed E-state index contributed by atoms with van der Waals surface area (Å²) >= 11 is 3.62. The van der Waals surface area contributed by atoms with Crippen LogP contribution >= 0.6 is 15.9 Å². The van der Waals surface area contributed by atoms with Gasteiger partial charge >= 0.3 is 0 Å². The number of piperidine rings is 1. The molecule has 1 aromatic rings. The highest BCUT2D eigenvalue weighted by atomic mass is 79.9. The maximum absolute atomic E-state index is 5.76. The number of nitrogens with one attached hydrogen (secondary N) is 1. The van der Waals surface area contributed by atoms with E-state index in [1.54, 1.807) is 6.26 Å². The Bertz CT molecular complexity index is 410. The molecule has 2 rings (SSSR count). The standard InChI is InChI=1S/C16H27BrN2O/c1-4-9-18-15(14-13(17)8-12-20-14)16(2,3)19-10-6-5-7-11-19/h8,12,15,18H,4-7,9-11H2,1-3H3. The second kappa shape index (κ2) is 7.10. The lowest BCUT2D eigenvalue weighted by Crippen LogP contribution is -2.54. The Morgan fingerprint density at radius 1 is 1.35 bits per heavy atom. The third-order valence-electron chi connectivity index (χ3n) is 4.38. The van der Waals surface area contributed by atoms with Gasteiger partial charge in [-0.1, -0.05) is 13.3 Å². The Morgan fingerprint density at radius 2 is 2.05 bits per heavy atom. The summed E-state index contributed by atoms with van der Waals surface area (Å²) in [7, 11) is 0. The van der Waals surface area contributed by atoms with Crippen LogP contribution < -0.4 is 5.32 Å². The smallest absolute Gasteiger partial charge is 0.136 e. The summed E-state index contributed by atoms with van der Waals surface area (Å²) < 4.78 is 6.83. The highest BCUT2D eigenvalue weighted by molar-refractivity contribution is 9.10. The van der Waals surface area contributed by atoms with Crippen LogP contribution in [0.25, 0.3) is 0 Å². The second-order valence-corrected chi connectivity index (χ2v) is 7.08. The van der Waals surface area contributed by atoms with Crippen molar-refractivity contribution < 1.29 is 4.42 Å². The highest BCUT2D eigenvalue weighted by Gasteiger charge is 2.39. The van der Waals surface area contributed by atoms with Gasteiger partial charge in [0.15, 0.2) is 0 Å². The number of nitrogens with zero attached hydrogens (tertiary/aromatic N) is 1. The van der Waals surface area contributed by atoms with Crippen molar-refractivity contribution in [2.75, 3.05) is 19.6 Å². The van der Waals surface area contributed by atoms with Crippen molar-refractivity contribution in [3.05, 3.63) is 22.6 Å². The second-order valence-electron chi connectivity index (χ2n) is 6.22. The predicted molar refractivity (Wildman–Crippen MR) is 86.9 cm³/mol.